The summed E-state index contributed by atoms with van der Waals surface area (Å²) in [7, 11) is 1.59. The number of hydrogen-bond donors (Lipinski definition) is 1. The largest absolute Gasteiger partial charge is 0.503 e. The minimum atomic E-state index is -0.671. The maximum Gasteiger partial charge on any atom is 0.290 e. The van der Waals surface area contributed by atoms with Gasteiger partial charge in [0.05, 0.1) is 29.3 Å². The lowest BCUT2D eigenvalue weighted by Gasteiger charge is -2.36. The molecule has 35 heavy (non-hydrogen) atoms. The Morgan fingerprint density at radius 3 is 2.54 bits per heavy atom. The van der Waals surface area contributed by atoms with Crippen LogP contribution in [0.2, 0.25) is 0 Å². The van der Waals surface area contributed by atoms with E-state index in [1.807, 2.05) is 54.6 Å². The van der Waals surface area contributed by atoms with Crippen LogP contribution in [0.1, 0.15) is 59.1 Å². The van der Waals surface area contributed by atoms with E-state index < -0.39 is 17.7 Å². The molecule has 2 aliphatic rings. The molecule has 1 N–H and O–H groups in total. The highest BCUT2D eigenvalue weighted by atomic mass is 32.1. The van der Waals surface area contributed by atoms with Gasteiger partial charge in [-0.3, -0.25) is 9.59 Å². The maximum atomic E-state index is 14.0. The molecule has 0 bridgehead atoms. The Bertz CT molecular complexity index is 1290. The van der Waals surface area contributed by atoms with Crippen molar-refractivity contribution in [2.24, 2.45) is 0 Å². The Balaban J connectivity index is 1.59. The average molecular weight is 489 g/mol. The standard InChI is InChI=1S/C28H28N2O4S/c1-17-26(35-27(29-17)18-10-5-3-6-11-18)24(31)22-23(19-12-9-15-21(16-19)34-2)30(28(33)25(22)32)20-13-7-4-8-14-20/h3,5-6,9-12,15-16,20,23,32H,4,7-8,13-14H2,1-2H3. The minimum absolute atomic E-state index is 0.0256. The van der Waals surface area contributed by atoms with Crippen molar-refractivity contribution in [3.63, 3.8) is 0 Å². The predicted molar refractivity (Wildman–Crippen MR) is 136 cm³/mol. The van der Waals surface area contributed by atoms with Crippen LogP contribution in [0.15, 0.2) is 65.9 Å². The van der Waals surface area contributed by atoms with Gasteiger partial charge in [-0.05, 0) is 37.5 Å². The summed E-state index contributed by atoms with van der Waals surface area (Å²) >= 11 is 1.29. The zero-order valence-electron chi connectivity index (χ0n) is 19.9. The van der Waals surface area contributed by atoms with Gasteiger partial charge in [0.25, 0.3) is 5.91 Å². The first kappa shape index (κ1) is 23.3. The number of methoxy groups -OCH3 is 1. The van der Waals surface area contributed by atoms with Crippen molar-refractivity contribution in [3.8, 4) is 16.3 Å². The number of nitrogens with zero attached hydrogens (tertiary/aromatic N) is 2. The Labute approximate surface area is 208 Å². The molecule has 180 valence electrons. The van der Waals surface area contributed by atoms with Crippen LogP contribution in [-0.4, -0.2) is 39.8 Å². The number of Topliss-reactive ketones (excluding diaryl/α,β-unsaturated/α-hetero) is 1. The van der Waals surface area contributed by atoms with Gasteiger partial charge < -0.3 is 14.7 Å². The van der Waals surface area contributed by atoms with Gasteiger partial charge in [-0.2, -0.15) is 0 Å². The van der Waals surface area contributed by atoms with Crippen molar-refractivity contribution in [1.82, 2.24) is 9.88 Å². The molecular weight excluding hydrogens is 460 g/mol. The molecular formula is C28H28N2O4S. The highest BCUT2D eigenvalue weighted by Crippen LogP contribution is 2.44. The molecule has 0 radical (unpaired) electrons. The molecule has 5 rings (SSSR count). The predicted octanol–water partition coefficient (Wildman–Crippen LogP) is 6.04. The van der Waals surface area contributed by atoms with E-state index in [0.29, 0.717) is 16.3 Å². The van der Waals surface area contributed by atoms with Gasteiger partial charge in [0, 0.05) is 11.6 Å². The van der Waals surface area contributed by atoms with Crippen LogP contribution in [0.4, 0.5) is 0 Å². The van der Waals surface area contributed by atoms with Gasteiger partial charge >= 0.3 is 0 Å². The van der Waals surface area contributed by atoms with E-state index in [1.165, 1.54) is 11.3 Å². The molecule has 1 aliphatic heterocycles. The number of thiazole rings is 1. The number of aromatic nitrogens is 1. The van der Waals surface area contributed by atoms with Gasteiger partial charge in [-0.25, -0.2) is 4.98 Å². The van der Waals surface area contributed by atoms with Crippen molar-refractivity contribution in [2.45, 2.75) is 51.1 Å². The van der Waals surface area contributed by atoms with E-state index in [9.17, 15) is 14.7 Å². The maximum absolute atomic E-state index is 14.0. The second kappa shape index (κ2) is 9.66. The normalized spacial score (nSPS) is 18.9. The van der Waals surface area contributed by atoms with Crippen molar-refractivity contribution in [3.05, 3.63) is 82.1 Å². The van der Waals surface area contributed by atoms with Crippen LogP contribution in [0.3, 0.4) is 0 Å². The Morgan fingerprint density at radius 2 is 1.83 bits per heavy atom. The summed E-state index contributed by atoms with van der Waals surface area (Å²) in [4.78, 5) is 34.2. The first-order valence-electron chi connectivity index (χ1n) is 12.0. The molecule has 1 unspecified atom stereocenters. The van der Waals surface area contributed by atoms with Crippen molar-refractivity contribution in [2.75, 3.05) is 7.11 Å². The van der Waals surface area contributed by atoms with Gasteiger partial charge in [0.2, 0.25) is 5.78 Å². The van der Waals surface area contributed by atoms with Crippen LogP contribution < -0.4 is 4.74 Å². The van der Waals surface area contributed by atoms with Gasteiger partial charge in [-0.15, -0.1) is 11.3 Å². The summed E-state index contributed by atoms with van der Waals surface area (Å²) in [6.45, 7) is 1.80. The highest BCUT2D eigenvalue weighted by molar-refractivity contribution is 7.17. The third-order valence-electron chi connectivity index (χ3n) is 6.89. The number of benzene rings is 2. The Kier molecular flexibility index (Phi) is 6.43. The number of aliphatic hydroxyl groups is 1. The summed E-state index contributed by atoms with van der Waals surface area (Å²) in [5.74, 6) is -0.641. The summed E-state index contributed by atoms with van der Waals surface area (Å²) in [5.41, 5.74) is 2.39. The fourth-order valence-electron chi connectivity index (χ4n) is 5.16. The molecule has 1 amide bonds. The number of aliphatic hydroxyl groups excluding tert-OH is 1. The van der Waals surface area contributed by atoms with Crippen LogP contribution in [0.25, 0.3) is 10.6 Å². The molecule has 2 aromatic carbocycles. The summed E-state index contributed by atoms with van der Waals surface area (Å²) in [5, 5.41) is 11.8. The molecule has 1 saturated carbocycles. The molecule has 2 heterocycles. The second-order valence-corrected chi connectivity index (χ2v) is 10.1. The van der Waals surface area contributed by atoms with E-state index >= 15 is 0 Å². The molecule has 0 spiro atoms. The fourth-order valence-corrected chi connectivity index (χ4v) is 6.19. The smallest absolute Gasteiger partial charge is 0.290 e. The lowest BCUT2D eigenvalue weighted by Crippen LogP contribution is -2.41. The number of carbonyl (C=O) groups is 2. The number of rotatable bonds is 6. The average Bonchev–Trinajstić information content (AvgIpc) is 3.42. The lowest BCUT2D eigenvalue weighted by molar-refractivity contribution is -0.132. The van der Waals surface area contributed by atoms with E-state index in [0.717, 1.165) is 48.2 Å². The quantitative estimate of drug-likeness (QED) is 0.428. The van der Waals surface area contributed by atoms with Gasteiger partial charge in [0.1, 0.15) is 10.8 Å². The highest BCUT2D eigenvalue weighted by Gasteiger charge is 2.47. The first-order chi connectivity index (χ1) is 17.0. The Morgan fingerprint density at radius 1 is 1.09 bits per heavy atom. The number of ether oxygens (including phenoxy) is 1. The summed E-state index contributed by atoms with van der Waals surface area (Å²) in [6.07, 6.45) is 4.91. The zero-order valence-corrected chi connectivity index (χ0v) is 20.7. The lowest BCUT2D eigenvalue weighted by atomic mass is 9.90. The van der Waals surface area contributed by atoms with Gasteiger partial charge in [0.15, 0.2) is 5.76 Å². The molecule has 1 fully saturated rings. The summed E-state index contributed by atoms with van der Waals surface area (Å²) < 4.78 is 5.43. The van der Waals surface area contributed by atoms with Crippen LogP contribution in [0, 0.1) is 6.92 Å². The van der Waals surface area contributed by atoms with Crippen LogP contribution in [-0.2, 0) is 4.79 Å². The van der Waals surface area contributed by atoms with E-state index in [2.05, 4.69) is 4.98 Å². The molecule has 1 atom stereocenters. The summed E-state index contributed by atoms with van der Waals surface area (Å²) in [6, 6.07) is 16.4. The van der Waals surface area contributed by atoms with Crippen molar-refractivity contribution in [1.29, 1.82) is 0 Å². The van der Waals surface area contributed by atoms with Crippen molar-refractivity contribution < 1.29 is 19.4 Å². The monoisotopic (exact) mass is 488 g/mol. The fraction of sp³-hybridized carbons (Fsp3) is 0.321. The zero-order chi connectivity index (χ0) is 24.5. The van der Waals surface area contributed by atoms with Crippen LogP contribution in [0.5, 0.6) is 5.75 Å². The van der Waals surface area contributed by atoms with Crippen molar-refractivity contribution >= 4 is 23.0 Å². The molecule has 3 aromatic rings. The van der Waals surface area contributed by atoms with E-state index in [4.69, 9.17) is 4.74 Å². The SMILES string of the molecule is COc1cccc(C2C(C(=O)c3sc(-c4ccccc4)nc3C)=C(O)C(=O)N2C2CCCCC2)c1. The second-order valence-electron chi connectivity index (χ2n) is 9.07. The number of amides is 1. The first-order valence-corrected chi connectivity index (χ1v) is 12.8. The molecule has 6 nitrogen and oxygen atoms in total. The molecule has 1 aliphatic carbocycles. The topological polar surface area (TPSA) is 79.7 Å². The molecule has 0 saturated heterocycles. The number of aryl methyl sites for hydroxylation is 1. The third-order valence-corrected chi connectivity index (χ3v) is 8.09. The van der Waals surface area contributed by atoms with Crippen LogP contribution >= 0.6 is 11.3 Å². The third kappa shape index (κ3) is 4.25. The Hall–Kier alpha value is -3.45. The number of ketones is 1. The number of hydrogen-bond acceptors (Lipinski definition) is 6. The number of carbonyl (C=O) groups excluding carboxylic acids is 2. The van der Waals surface area contributed by atoms with E-state index in [-0.39, 0.29) is 17.4 Å². The molecule has 7 heteroatoms. The van der Waals surface area contributed by atoms with E-state index in [1.54, 1.807) is 18.9 Å². The molecule has 1 aromatic heterocycles. The minimum Gasteiger partial charge on any atom is -0.503 e. The van der Waals surface area contributed by atoms with Gasteiger partial charge in [-0.1, -0.05) is 61.7 Å².